The monoisotopic (exact) mass is 188 g/mol. The lowest BCUT2D eigenvalue weighted by molar-refractivity contribution is 0.0291. The van der Waals surface area contributed by atoms with Crippen molar-refractivity contribution in [3.8, 4) is 0 Å². The molecule has 0 bridgehead atoms. The van der Waals surface area contributed by atoms with Gasteiger partial charge < -0.3 is 15.4 Å². The van der Waals surface area contributed by atoms with Crippen LogP contribution in [0.25, 0.3) is 0 Å². The van der Waals surface area contributed by atoms with Crippen molar-refractivity contribution >= 4 is 6.09 Å². The molecule has 2 N–H and O–H groups in total. The molecule has 0 aromatic rings. The Balaban J connectivity index is 3.97. The summed E-state index contributed by atoms with van der Waals surface area (Å²) in [6, 6.07) is -0.0301. The molecule has 1 amide bonds. The number of nitrogens with two attached hydrogens (primary N) is 1. The Morgan fingerprint density at radius 1 is 1.54 bits per heavy atom. The van der Waals surface area contributed by atoms with Gasteiger partial charge in [-0.15, -0.1) is 0 Å². The van der Waals surface area contributed by atoms with E-state index in [0.717, 1.165) is 0 Å². The summed E-state index contributed by atoms with van der Waals surface area (Å²) in [5, 5.41) is 0. The number of hydrogen-bond acceptors (Lipinski definition) is 3. The molecule has 0 aliphatic rings. The molecule has 0 aromatic heterocycles. The Kier molecular flexibility index (Phi) is 4.20. The lowest BCUT2D eigenvalue weighted by Gasteiger charge is -2.25. The van der Waals surface area contributed by atoms with Gasteiger partial charge >= 0.3 is 6.09 Å². The number of hydrogen-bond donors (Lipinski definition) is 1. The minimum absolute atomic E-state index is 0.0301. The summed E-state index contributed by atoms with van der Waals surface area (Å²) in [5.74, 6) is 0. The summed E-state index contributed by atoms with van der Waals surface area (Å²) in [7, 11) is 1.68. The summed E-state index contributed by atoms with van der Waals surface area (Å²) in [5.41, 5.74) is 5.10. The maximum Gasteiger partial charge on any atom is 0.410 e. The summed E-state index contributed by atoms with van der Waals surface area (Å²) in [6.45, 7) is 7.87. The van der Waals surface area contributed by atoms with Crippen LogP contribution in [0.3, 0.4) is 0 Å². The molecule has 0 saturated heterocycles. The van der Waals surface area contributed by atoms with Crippen LogP contribution in [0.1, 0.15) is 27.7 Å². The molecule has 1 atom stereocenters. The van der Waals surface area contributed by atoms with Gasteiger partial charge in [-0.05, 0) is 27.7 Å². The number of rotatable bonds is 2. The van der Waals surface area contributed by atoms with Crippen LogP contribution >= 0.6 is 0 Å². The maximum absolute atomic E-state index is 11.3. The molecule has 13 heavy (non-hydrogen) atoms. The fourth-order valence-electron chi connectivity index (χ4n) is 0.846. The Hall–Kier alpha value is -0.770. The van der Waals surface area contributed by atoms with Gasteiger partial charge in [0, 0.05) is 19.6 Å². The molecule has 0 rings (SSSR count). The fraction of sp³-hybridized carbons (Fsp3) is 0.889. The van der Waals surface area contributed by atoms with Gasteiger partial charge in [0.2, 0.25) is 0 Å². The molecule has 0 radical (unpaired) electrons. The van der Waals surface area contributed by atoms with Gasteiger partial charge in [-0.3, -0.25) is 0 Å². The first kappa shape index (κ1) is 12.2. The van der Waals surface area contributed by atoms with Gasteiger partial charge in [0.15, 0.2) is 0 Å². The molecule has 0 aromatic carbocycles. The van der Waals surface area contributed by atoms with Crippen molar-refractivity contribution in [2.75, 3.05) is 13.6 Å². The van der Waals surface area contributed by atoms with Crippen molar-refractivity contribution in [3.63, 3.8) is 0 Å². The van der Waals surface area contributed by atoms with Crippen LogP contribution in [-0.4, -0.2) is 36.2 Å². The van der Waals surface area contributed by atoms with E-state index in [9.17, 15) is 4.79 Å². The van der Waals surface area contributed by atoms with Crippen molar-refractivity contribution in [3.05, 3.63) is 0 Å². The normalized spacial score (nSPS) is 13.7. The molecule has 78 valence electrons. The van der Waals surface area contributed by atoms with Gasteiger partial charge in [-0.1, -0.05) is 0 Å². The third-order valence-electron chi connectivity index (χ3n) is 1.27. The van der Waals surface area contributed by atoms with Gasteiger partial charge in [0.05, 0.1) is 0 Å². The molecule has 0 aliphatic heterocycles. The highest BCUT2D eigenvalue weighted by molar-refractivity contribution is 5.67. The van der Waals surface area contributed by atoms with E-state index in [1.165, 1.54) is 4.90 Å². The van der Waals surface area contributed by atoms with Crippen LogP contribution in [-0.2, 0) is 4.74 Å². The molecule has 0 fully saturated rings. The van der Waals surface area contributed by atoms with E-state index in [2.05, 4.69) is 0 Å². The van der Waals surface area contributed by atoms with Gasteiger partial charge in [-0.25, -0.2) is 4.79 Å². The summed E-state index contributed by atoms with van der Waals surface area (Å²) < 4.78 is 5.13. The van der Waals surface area contributed by atoms with Gasteiger partial charge in [0.25, 0.3) is 0 Å². The lowest BCUT2D eigenvalue weighted by Crippen LogP contribution is -2.40. The number of amides is 1. The van der Waals surface area contributed by atoms with E-state index in [4.69, 9.17) is 10.5 Å². The average Bonchev–Trinajstić information content (AvgIpc) is 1.81. The van der Waals surface area contributed by atoms with E-state index >= 15 is 0 Å². The van der Waals surface area contributed by atoms with Gasteiger partial charge in [-0.2, -0.15) is 0 Å². The quantitative estimate of drug-likeness (QED) is 0.708. The highest BCUT2D eigenvalue weighted by Crippen LogP contribution is 2.08. The van der Waals surface area contributed by atoms with Crippen LogP contribution in [0.15, 0.2) is 0 Å². The third kappa shape index (κ3) is 6.40. The zero-order valence-electron chi connectivity index (χ0n) is 9.13. The molecule has 0 saturated carbocycles. The Labute approximate surface area is 80.0 Å². The first-order chi connectivity index (χ1) is 5.72. The second kappa shape index (κ2) is 4.46. The zero-order valence-corrected chi connectivity index (χ0v) is 9.13. The van der Waals surface area contributed by atoms with Crippen molar-refractivity contribution in [2.24, 2.45) is 5.73 Å². The van der Waals surface area contributed by atoms with Crippen molar-refractivity contribution in [2.45, 2.75) is 39.3 Å². The molecule has 4 nitrogen and oxygen atoms in total. The summed E-state index contributed by atoms with van der Waals surface area (Å²) >= 11 is 0. The standard InChI is InChI=1S/C9H20N2O2/c1-7(10)6-11(5)8(12)13-9(2,3)4/h7H,6,10H2,1-5H3/t7-/m1/s1. The van der Waals surface area contributed by atoms with E-state index in [0.29, 0.717) is 6.54 Å². The van der Waals surface area contributed by atoms with Crippen molar-refractivity contribution < 1.29 is 9.53 Å². The Bertz CT molecular complexity index is 173. The van der Waals surface area contributed by atoms with Crippen molar-refractivity contribution in [1.29, 1.82) is 0 Å². The van der Waals surface area contributed by atoms with Crippen molar-refractivity contribution in [1.82, 2.24) is 4.90 Å². The van der Waals surface area contributed by atoms with E-state index in [1.54, 1.807) is 7.05 Å². The number of likely N-dealkylation sites (N-methyl/N-ethyl adjacent to an activating group) is 1. The molecule has 0 aliphatic carbocycles. The van der Waals surface area contributed by atoms with Gasteiger partial charge in [0.1, 0.15) is 5.60 Å². The first-order valence-electron chi connectivity index (χ1n) is 4.42. The first-order valence-corrected chi connectivity index (χ1v) is 4.42. The van der Waals surface area contributed by atoms with Crippen LogP contribution < -0.4 is 5.73 Å². The Morgan fingerprint density at radius 3 is 2.31 bits per heavy atom. The van der Waals surface area contributed by atoms with Crippen LogP contribution in [0, 0.1) is 0 Å². The molecule has 0 unspecified atom stereocenters. The molecule has 0 heterocycles. The second-order valence-electron chi connectivity index (χ2n) is 4.34. The van der Waals surface area contributed by atoms with Crippen LogP contribution in [0.5, 0.6) is 0 Å². The smallest absolute Gasteiger partial charge is 0.410 e. The number of carbonyl (C=O) groups excluding carboxylic acids is 1. The maximum atomic E-state index is 11.3. The largest absolute Gasteiger partial charge is 0.444 e. The average molecular weight is 188 g/mol. The van der Waals surface area contributed by atoms with E-state index in [-0.39, 0.29) is 12.1 Å². The predicted octanol–water partition coefficient (Wildman–Crippen LogP) is 1.20. The summed E-state index contributed by atoms with van der Waals surface area (Å²) in [6.07, 6.45) is -0.329. The van der Waals surface area contributed by atoms with Crippen LogP contribution in [0.4, 0.5) is 4.79 Å². The molecular formula is C9H20N2O2. The minimum Gasteiger partial charge on any atom is -0.444 e. The number of nitrogens with zero attached hydrogens (tertiary/aromatic N) is 1. The third-order valence-corrected chi connectivity index (χ3v) is 1.27. The molecular weight excluding hydrogens is 168 g/mol. The molecule has 0 spiro atoms. The Morgan fingerprint density at radius 2 is 2.00 bits per heavy atom. The van der Waals surface area contributed by atoms with Crippen LogP contribution in [0.2, 0.25) is 0 Å². The summed E-state index contributed by atoms with van der Waals surface area (Å²) in [4.78, 5) is 12.8. The highest BCUT2D eigenvalue weighted by Gasteiger charge is 2.19. The minimum atomic E-state index is -0.441. The second-order valence-corrected chi connectivity index (χ2v) is 4.34. The lowest BCUT2D eigenvalue weighted by atomic mass is 10.2. The zero-order chi connectivity index (χ0) is 10.6. The topological polar surface area (TPSA) is 55.6 Å². The van der Waals surface area contributed by atoms with E-state index in [1.807, 2.05) is 27.7 Å². The number of ether oxygens (including phenoxy) is 1. The van der Waals surface area contributed by atoms with E-state index < -0.39 is 5.60 Å². The number of carbonyl (C=O) groups is 1. The predicted molar refractivity (Wildman–Crippen MR) is 52.5 cm³/mol. The SMILES string of the molecule is C[C@@H](N)CN(C)C(=O)OC(C)(C)C. The fourth-order valence-corrected chi connectivity index (χ4v) is 0.846. The molecule has 4 heteroatoms. The highest BCUT2D eigenvalue weighted by atomic mass is 16.6.